The lowest BCUT2D eigenvalue weighted by Gasteiger charge is -2.19. The van der Waals surface area contributed by atoms with E-state index in [1.54, 1.807) is 19.1 Å². The number of ether oxygens (including phenoxy) is 1. The average molecular weight is 374 g/mol. The maximum atomic E-state index is 13.2. The Morgan fingerprint density at radius 2 is 1.78 bits per heavy atom. The van der Waals surface area contributed by atoms with Crippen LogP contribution in [-0.2, 0) is 28.9 Å². The molecule has 0 aliphatic carbocycles. The van der Waals surface area contributed by atoms with Crippen molar-refractivity contribution in [2.24, 2.45) is 0 Å². The molecule has 27 heavy (non-hydrogen) atoms. The molecule has 0 aliphatic heterocycles. The maximum absolute atomic E-state index is 13.2. The van der Waals surface area contributed by atoms with Crippen LogP contribution >= 0.6 is 0 Å². The summed E-state index contributed by atoms with van der Waals surface area (Å²) in [7, 11) is 1.51. The van der Waals surface area contributed by atoms with Gasteiger partial charge in [0.15, 0.2) is 0 Å². The van der Waals surface area contributed by atoms with Crippen molar-refractivity contribution in [3.8, 4) is 0 Å². The van der Waals surface area contributed by atoms with Crippen LogP contribution in [-0.4, -0.2) is 37.0 Å². The predicted molar refractivity (Wildman–Crippen MR) is 103 cm³/mol. The van der Waals surface area contributed by atoms with Gasteiger partial charge in [-0.2, -0.15) is 0 Å². The first-order valence-corrected chi connectivity index (χ1v) is 9.01. The number of aliphatic hydroxyl groups excluding tert-OH is 1. The van der Waals surface area contributed by atoms with Crippen molar-refractivity contribution in [3.63, 3.8) is 0 Å². The monoisotopic (exact) mass is 374 g/mol. The molecule has 0 radical (unpaired) electrons. The fourth-order valence-electron chi connectivity index (χ4n) is 2.77. The number of methoxy groups -OCH3 is 1. The van der Waals surface area contributed by atoms with Crippen LogP contribution in [0.15, 0.2) is 48.5 Å². The van der Waals surface area contributed by atoms with E-state index in [9.17, 15) is 14.3 Å². The zero-order chi connectivity index (χ0) is 19.6. The van der Waals surface area contributed by atoms with Crippen molar-refractivity contribution in [2.75, 3.05) is 13.7 Å². The zero-order valence-corrected chi connectivity index (χ0v) is 15.7. The molecule has 5 nitrogen and oxygen atoms in total. The first-order valence-electron chi connectivity index (χ1n) is 9.01. The lowest BCUT2D eigenvalue weighted by Crippen LogP contribution is -2.49. The van der Waals surface area contributed by atoms with Crippen molar-refractivity contribution in [1.82, 2.24) is 10.6 Å². The maximum Gasteiger partial charge on any atom is 0.239 e. The molecular formula is C21H27FN2O3. The van der Waals surface area contributed by atoms with E-state index >= 15 is 0 Å². The Morgan fingerprint density at radius 3 is 2.41 bits per heavy atom. The number of amides is 1. The van der Waals surface area contributed by atoms with Gasteiger partial charge in [-0.3, -0.25) is 10.1 Å². The summed E-state index contributed by atoms with van der Waals surface area (Å²) in [5, 5.41) is 15.0. The molecule has 0 spiro atoms. The van der Waals surface area contributed by atoms with Gasteiger partial charge in [0.05, 0.1) is 6.61 Å². The van der Waals surface area contributed by atoms with Gasteiger partial charge in [-0.1, -0.05) is 36.4 Å². The first kappa shape index (κ1) is 21.0. The summed E-state index contributed by atoms with van der Waals surface area (Å²) in [4.78, 5) is 12.2. The molecule has 0 heterocycles. The van der Waals surface area contributed by atoms with Crippen molar-refractivity contribution in [1.29, 1.82) is 0 Å². The van der Waals surface area contributed by atoms with Crippen molar-refractivity contribution < 1.29 is 19.0 Å². The molecule has 0 bridgehead atoms. The summed E-state index contributed by atoms with van der Waals surface area (Å²) in [6.07, 6.45) is 0.801. The van der Waals surface area contributed by atoms with Gasteiger partial charge in [0.2, 0.25) is 5.91 Å². The molecule has 3 N–H and O–H groups in total. The number of hydrogen-bond donors (Lipinski definition) is 3. The summed E-state index contributed by atoms with van der Waals surface area (Å²) < 4.78 is 18.2. The number of nitrogens with one attached hydrogen (secondary N) is 2. The molecule has 0 aliphatic rings. The van der Waals surface area contributed by atoms with E-state index in [1.807, 2.05) is 30.3 Å². The van der Waals surface area contributed by atoms with E-state index in [1.165, 1.54) is 13.2 Å². The van der Waals surface area contributed by atoms with Crippen LogP contribution in [0, 0.1) is 5.82 Å². The number of rotatable bonds is 10. The second-order valence-corrected chi connectivity index (χ2v) is 6.51. The molecule has 146 valence electrons. The van der Waals surface area contributed by atoms with Crippen molar-refractivity contribution >= 4 is 5.91 Å². The molecule has 1 amide bonds. The standard InChI is InChI=1S/C21H27FN2O3/c1-15(25)24-20(14-27-2)21(26)23-13-18-10-7-16(8-11-18)6-9-17-4-3-5-19(22)12-17/h3-5,7-8,10-12,15,20,24-25H,6,9,13-14H2,1-2H3,(H,23,26)/t15?,20-/m1/s1. The van der Waals surface area contributed by atoms with Gasteiger partial charge in [0.25, 0.3) is 0 Å². The highest BCUT2D eigenvalue weighted by molar-refractivity contribution is 5.81. The minimum absolute atomic E-state index is 0.176. The Morgan fingerprint density at radius 1 is 1.11 bits per heavy atom. The topological polar surface area (TPSA) is 70.6 Å². The summed E-state index contributed by atoms with van der Waals surface area (Å²) >= 11 is 0. The van der Waals surface area contributed by atoms with Gasteiger partial charge in [-0.05, 0) is 48.6 Å². The number of aliphatic hydroxyl groups is 1. The normalized spacial score (nSPS) is 13.2. The Balaban J connectivity index is 1.83. The Bertz CT molecular complexity index is 720. The van der Waals surface area contributed by atoms with Gasteiger partial charge in [-0.25, -0.2) is 4.39 Å². The predicted octanol–water partition coefficient (Wildman–Crippen LogP) is 2.17. The molecule has 0 fully saturated rings. The lowest BCUT2D eigenvalue weighted by atomic mass is 10.0. The lowest BCUT2D eigenvalue weighted by molar-refractivity contribution is -0.125. The third kappa shape index (κ3) is 7.46. The average Bonchev–Trinajstić information content (AvgIpc) is 2.64. The Hall–Kier alpha value is -2.28. The van der Waals surface area contributed by atoms with E-state index in [-0.39, 0.29) is 18.3 Å². The van der Waals surface area contributed by atoms with Crippen molar-refractivity contribution in [2.45, 2.75) is 38.6 Å². The van der Waals surface area contributed by atoms with Gasteiger partial charge < -0.3 is 15.2 Å². The largest absolute Gasteiger partial charge is 0.383 e. The van der Waals surface area contributed by atoms with Crippen LogP contribution in [0.4, 0.5) is 4.39 Å². The van der Waals surface area contributed by atoms with Gasteiger partial charge in [-0.15, -0.1) is 0 Å². The van der Waals surface area contributed by atoms with Crippen LogP contribution in [0.2, 0.25) is 0 Å². The number of aryl methyl sites for hydroxylation is 2. The number of halogens is 1. The third-order valence-corrected chi connectivity index (χ3v) is 4.17. The molecule has 0 saturated carbocycles. The molecule has 6 heteroatoms. The van der Waals surface area contributed by atoms with Crippen LogP contribution in [0.3, 0.4) is 0 Å². The first-order chi connectivity index (χ1) is 13.0. The highest BCUT2D eigenvalue weighted by Gasteiger charge is 2.19. The smallest absolute Gasteiger partial charge is 0.239 e. The fourth-order valence-corrected chi connectivity index (χ4v) is 2.77. The van der Waals surface area contributed by atoms with E-state index < -0.39 is 12.3 Å². The molecule has 2 aromatic rings. The second-order valence-electron chi connectivity index (χ2n) is 6.51. The van der Waals surface area contributed by atoms with E-state index in [2.05, 4.69) is 10.6 Å². The quantitative estimate of drug-likeness (QED) is 0.558. The third-order valence-electron chi connectivity index (χ3n) is 4.17. The Kier molecular flexibility index (Phi) is 8.39. The minimum Gasteiger partial charge on any atom is -0.383 e. The van der Waals surface area contributed by atoms with Crippen LogP contribution < -0.4 is 10.6 Å². The molecule has 2 aromatic carbocycles. The second kappa shape index (κ2) is 10.8. The van der Waals surface area contributed by atoms with Crippen LogP contribution in [0.25, 0.3) is 0 Å². The number of carbonyl (C=O) groups is 1. The van der Waals surface area contributed by atoms with Gasteiger partial charge in [0.1, 0.15) is 18.1 Å². The van der Waals surface area contributed by atoms with E-state index in [0.717, 1.165) is 29.5 Å². The Labute approximate surface area is 159 Å². The molecule has 0 saturated heterocycles. The zero-order valence-electron chi connectivity index (χ0n) is 15.7. The summed E-state index contributed by atoms with van der Waals surface area (Å²) in [5.74, 6) is -0.441. The van der Waals surface area contributed by atoms with Crippen molar-refractivity contribution in [3.05, 3.63) is 71.0 Å². The number of hydrogen-bond acceptors (Lipinski definition) is 4. The summed E-state index contributed by atoms with van der Waals surface area (Å²) in [6.45, 7) is 2.12. The van der Waals surface area contributed by atoms with Crippen LogP contribution in [0.5, 0.6) is 0 Å². The SMILES string of the molecule is COC[C@@H](NC(C)O)C(=O)NCc1ccc(CCc2cccc(F)c2)cc1. The number of carbonyl (C=O) groups excluding carboxylic acids is 1. The molecule has 2 rings (SSSR count). The van der Waals surface area contributed by atoms with Gasteiger partial charge >= 0.3 is 0 Å². The molecule has 1 unspecified atom stereocenters. The van der Waals surface area contributed by atoms with Crippen LogP contribution in [0.1, 0.15) is 23.6 Å². The van der Waals surface area contributed by atoms with E-state index in [4.69, 9.17) is 4.74 Å². The molecular weight excluding hydrogens is 347 g/mol. The summed E-state index contributed by atoms with van der Waals surface area (Å²) in [6, 6.07) is 14.0. The molecule has 2 atom stereocenters. The highest BCUT2D eigenvalue weighted by Crippen LogP contribution is 2.10. The molecule has 0 aromatic heterocycles. The highest BCUT2D eigenvalue weighted by atomic mass is 19.1. The number of benzene rings is 2. The van der Waals surface area contributed by atoms with Gasteiger partial charge in [0, 0.05) is 13.7 Å². The minimum atomic E-state index is -0.798. The summed E-state index contributed by atoms with van der Waals surface area (Å²) in [5.41, 5.74) is 3.11. The van der Waals surface area contributed by atoms with E-state index in [0.29, 0.717) is 6.54 Å². The fraction of sp³-hybridized carbons (Fsp3) is 0.381.